The van der Waals surface area contributed by atoms with Gasteiger partial charge in [-0.05, 0) is 43.9 Å². The number of benzene rings is 1. The smallest absolute Gasteiger partial charge is 0.0446 e. The molecule has 1 fully saturated rings. The first-order valence-corrected chi connectivity index (χ1v) is 8.30. The molecule has 1 saturated carbocycles. The maximum atomic E-state index is 6.18. The molecule has 0 bridgehead atoms. The zero-order chi connectivity index (χ0) is 12.8. The number of hydrogen-bond donors (Lipinski definition) is 1. The first-order chi connectivity index (χ1) is 8.79. The average Bonchev–Trinajstić information content (AvgIpc) is 2.83. The molecule has 0 heterocycles. The van der Waals surface area contributed by atoms with Crippen LogP contribution in [0.25, 0.3) is 0 Å². The summed E-state index contributed by atoms with van der Waals surface area (Å²) in [6.07, 6.45) is 5.22. The van der Waals surface area contributed by atoms with Gasteiger partial charge in [-0.15, -0.1) is 0 Å². The third-order valence-corrected chi connectivity index (χ3v) is 5.25. The second-order valence-electron chi connectivity index (χ2n) is 4.99. The van der Waals surface area contributed by atoms with Gasteiger partial charge in [0.15, 0.2) is 0 Å². The van der Waals surface area contributed by atoms with Crippen LogP contribution < -0.4 is 5.32 Å². The van der Waals surface area contributed by atoms with Crippen molar-refractivity contribution in [2.24, 2.45) is 0 Å². The topological polar surface area (TPSA) is 12.0 Å². The van der Waals surface area contributed by atoms with Crippen LogP contribution in [0.3, 0.4) is 0 Å². The van der Waals surface area contributed by atoms with Crippen molar-refractivity contribution in [1.29, 1.82) is 0 Å². The molecular formula is C15H22ClNS. The van der Waals surface area contributed by atoms with Crippen LogP contribution in [0.2, 0.25) is 5.02 Å². The first kappa shape index (κ1) is 14.2. The Morgan fingerprint density at radius 2 is 2.17 bits per heavy atom. The lowest BCUT2D eigenvalue weighted by Crippen LogP contribution is -2.27. The Bertz CT molecular complexity index is 369. The molecule has 1 aromatic carbocycles. The van der Waals surface area contributed by atoms with E-state index in [4.69, 9.17) is 11.6 Å². The minimum Gasteiger partial charge on any atom is -0.314 e. The van der Waals surface area contributed by atoms with Gasteiger partial charge >= 0.3 is 0 Å². The molecule has 0 amide bonds. The molecule has 1 N–H and O–H groups in total. The number of halogens is 1. The fourth-order valence-electron chi connectivity index (χ4n) is 2.45. The minimum absolute atomic E-state index is 0.744. The minimum atomic E-state index is 0.744. The Labute approximate surface area is 120 Å². The van der Waals surface area contributed by atoms with Crippen molar-refractivity contribution in [3.05, 3.63) is 34.9 Å². The summed E-state index contributed by atoms with van der Waals surface area (Å²) in [4.78, 5) is 0. The van der Waals surface area contributed by atoms with E-state index < -0.39 is 0 Å². The van der Waals surface area contributed by atoms with E-state index in [9.17, 15) is 0 Å². The van der Waals surface area contributed by atoms with Crippen molar-refractivity contribution >= 4 is 23.4 Å². The summed E-state index contributed by atoms with van der Waals surface area (Å²) in [5.41, 5.74) is 1.27. The van der Waals surface area contributed by atoms with Gasteiger partial charge in [0.2, 0.25) is 0 Å². The number of thioether (sulfide) groups is 1. The quantitative estimate of drug-likeness (QED) is 0.825. The van der Waals surface area contributed by atoms with Crippen molar-refractivity contribution in [3.63, 3.8) is 0 Å². The standard InChI is InChI=1S/C15H22ClNS/c1-2-9-17-13-7-8-14(10-13)18-11-12-5-3-4-6-15(12)16/h3-6,13-14,17H,2,7-11H2,1H3. The van der Waals surface area contributed by atoms with E-state index >= 15 is 0 Å². The molecule has 0 spiro atoms. The zero-order valence-electron chi connectivity index (χ0n) is 11.0. The highest BCUT2D eigenvalue weighted by molar-refractivity contribution is 7.99. The highest BCUT2D eigenvalue weighted by atomic mass is 35.5. The first-order valence-electron chi connectivity index (χ1n) is 6.88. The van der Waals surface area contributed by atoms with E-state index in [1.165, 1.54) is 31.2 Å². The molecule has 18 heavy (non-hydrogen) atoms. The predicted octanol–water partition coefficient (Wildman–Crippen LogP) is 4.49. The van der Waals surface area contributed by atoms with E-state index in [1.807, 2.05) is 12.1 Å². The number of hydrogen-bond acceptors (Lipinski definition) is 2. The van der Waals surface area contributed by atoms with Crippen LogP contribution in [-0.2, 0) is 5.75 Å². The molecular weight excluding hydrogens is 262 g/mol. The van der Waals surface area contributed by atoms with Crippen LogP contribution >= 0.6 is 23.4 Å². The highest BCUT2D eigenvalue weighted by Gasteiger charge is 2.24. The summed E-state index contributed by atoms with van der Waals surface area (Å²) in [6.45, 7) is 3.39. The van der Waals surface area contributed by atoms with Crippen LogP contribution in [0.4, 0.5) is 0 Å². The van der Waals surface area contributed by atoms with E-state index in [1.54, 1.807) is 0 Å². The summed E-state index contributed by atoms with van der Waals surface area (Å²) in [7, 11) is 0. The van der Waals surface area contributed by atoms with Gasteiger partial charge in [-0.1, -0.05) is 36.7 Å². The van der Waals surface area contributed by atoms with Gasteiger partial charge in [-0.3, -0.25) is 0 Å². The van der Waals surface area contributed by atoms with E-state index in [2.05, 4.69) is 36.1 Å². The zero-order valence-corrected chi connectivity index (χ0v) is 12.6. The molecule has 2 atom stereocenters. The maximum Gasteiger partial charge on any atom is 0.0446 e. The molecule has 0 radical (unpaired) electrons. The fraction of sp³-hybridized carbons (Fsp3) is 0.600. The summed E-state index contributed by atoms with van der Waals surface area (Å²) in [5, 5.41) is 5.34. The lowest BCUT2D eigenvalue weighted by atomic mass is 10.2. The molecule has 0 aromatic heterocycles. The second kappa shape index (κ2) is 7.42. The Morgan fingerprint density at radius 1 is 1.33 bits per heavy atom. The number of rotatable bonds is 6. The van der Waals surface area contributed by atoms with Crippen molar-refractivity contribution in [2.45, 2.75) is 49.7 Å². The van der Waals surface area contributed by atoms with Gasteiger partial charge in [0, 0.05) is 22.1 Å². The normalized spacial score (nSPS) is 23.4. The summed E-state index contributed by atoms with van der Waals surface area (Å²) >= 11 is 8.25. The second-order valence-corrected chi connectivity index (χ2v) is 6.68. The molecule has 1 aromatic rings. The largest absolute Gasteiger partial charge is 0.314 e. The van der Waals surface area contributed by atoms with Crippen molar-refractivity contribution in [1.82, 2.24) is 5.32 Å². The number of nitrogens with one attached hydrogen (secondary N) is 1. The summed E-state index contributed by atoms with van der Waals surface area (Å²) in [5.74, 6) is 1.05. The molecule has 2 unspecified atom stereocenters. The van der Waals surface area contributed by atoms with Gasteiger partial charge in [0.1, 0.15) is 0 Å². The molecule has 0 aliphatic heterocycles. The Morgan fingerprint density at radius 3 is 2.94 bits per heavy atom. The van der Waals surface area contributed by atoms with Gasteiger partial charge in [-0.25, -0.2) is 0 Å². The summed E-state index contributed by atoms with van der Waals surface area (Å²) < 4.78 is 0. The van der Waals surface area contributed by atoms with E-state index in [0.29, 0.717) is 0 Å². The molecule has 1 aliphatic carbocycles. The molecule has 3 heteroatoms. The van der Waals surface area contributed by atoms with Gasteiger partial charge in [0.25, 0.3) is 0 Å². The molecule has 1 nitrogen and oxygen atoms in total. The molecule has 0 saturated heterocycles. The molecule has 1 aliphatic rings. The predicted molar refractivity (Wildman–Crippen MR) is 82.5 cm³/mol. The van der Waals surface area contributed by atoms with Gasteiger partial charge < -0.3 is 5.32 Å². The van der Waals surface area contributed by atoms with Crippen LogP contribution in [0.5, 0.6) is 0 Å². The van der Waals surface area contributed by atoms with Crippen molar-refractivity contribution < 1.29 is 0 Å². The monoisotopic (exact) mass is 283 g/mol. The third kappa shape index (κ3) is 4.18. The SMILES string of the molecule is CCCNC1CCC(SCc2ccccc2Cl)C1. The van der Waals surface area contributed by atoms with Crippen LogP contribution in [0, 0.1) is 0 Å². The van der Waals surface area contributed by atoms with Crippen LogP contribution in [0.1, 0.15) is 38.2 Å². The maximum absolute atomic E-state index is 6.18. The van der Waals surface area contributed by atoms with E-state index in [-0.39, 0.29) is 0 Å². The third-order valence-electron chi connectivity index (χ3n) is 3.50. The molecule has 2 rings (SSSR count). The lowest BCUT2D eigenvalue weighted by molar-refractivity contribution is 0.524. The average molecular weight is 284 g/mol. The Balaban J connectivity index is 1.74. The van der Waals surface area contributed by atoms with Crippen LogP contribution in [-0.4, -0.2) is 17.8 Å². The Kier molecular flexibility index (Phi) is 5.87. The van der Waals surface area contributed by atoms with Crippen LogP contribution in [0.15, 0.2) is 24.3 Å². The Hall–Kier alpha value is -0.180. The fourth-order valence-corrected chi connectivity index (χ4v) is 4.07. The highest BCUT2D eigenvalue weighted by Crippen LogP contribution is 2.33. The summed E-state index contributed by atoms with van der Waals surface area (Å²) in [6, 6.07) is 8.93. The lowest BCUT2D eigenvalue weighted by Gasteiger charge is -2.13. The van der Waals surface area contributed by atoms with Crippen molar-refractivity contribution in [2.75, 3.05) is 6.54 Å². The van der Waals surface area contributed by atoms with Gasteiger partial charge in [-0.2, -0.15) is 11.8 Å². The van der Waals surface area contributed by atoms with Gasteiger partial charge in [0.05, 0.1) is 0 Å². The molecule has 100 valence electrons. The van der Waals surface area contributed by atoms with Crippen molar-refractivity contribution in [3.8, 4) is 0 Å². The van der Waals surface area contributed by atoms with E-state index in [0.717, 1.165) is 28.6 Å².